The molecule has 1 aromatic carbocycles. The number of anilines is 1. The Balaban J connectivity index is 1.48. The van der Waals surface area contributed by atoms with Crippen LogP contribution in [0.1, 0.15) is 72.6 Å². The second-order valence-corrected chi connectivity index (χ2v) is 13.8. The lowest BCUT2D eigenvalue weighted by molar-refractivity contribution is -0.143. The molecule has 3 amide bonds. The van der Waals surface area contributed by atoms with Crippen LogP contribution in [0, 0.1) is 23.7 Å². The van der Waals surface area contributed by atoms with E-state index < -0.39 is 28.7 Å². The molecule has 1 saturated carbocycles. The van der Waals surface area contributed by atoms with Crippen molar-refractivity contribution in [2.24, 2.45) is 23.7 Å². The van der Waals surface area contributed by atoms with Gasteiger partial charge in [0.2, 0.25) is 17.7 Å². The van der Waals surface area contributed by atoms with Crippen LogP contribution in [0.4, 0.5) is 5.69 Å². The summed E-state index contributed by atoms with van der Waals surface area (Å²) in [6.45, 7) is 8.48. The van der Waals surface area contributed by atoms with E-state index in [1.807, 2.05) is 45.0 Å². The predicted molar refractivity (Wildman–Crippen MR) is 157 cm³/mol. The molecule has 5 rings (SSSR count). The van der Waals surface area contributed by atoms with Gasteiger partial charge in [-0.15, -0.1) is 11.8 Å². The molecule has 220 valence electrons. The van der Waals surface area contributed by atoms with E-state index >= 15 is 0 Å². The maximum absolute atomic E-state index is 14.5. The first-order valence-electron chi connectivity index (χ1n) is 15.2. The number of benzene rings is 1. The molecule has 3 aliphatic heterocycles. The zero-order valence-electron chi connectivity index (χ0n) is 24.2. The average molecular weight is 572 g/mol. The molecule has 1 aromatic rings. The highest BCUT2D eigenvalue weighted by atomic mass is 32.2. The monoisotopic (exact) mass is 571 g/mol. The first-order chi connectivity index (χ1) is 19.3. The van der Waals surface area contributed by atoms with Gasteiger partial charge >= 0.3 is 0 Å². The van der Waals surface area contributed by atoms with Crippen molar-refractivity contribution in [3.8, 4) is 5.75 Å². The van der Waals surface area contributed by atoms with Gasteiger partial charge in [0.05, 0.1) is 35.8 Å². The summed E-state index contributed by atoms with van der Waals surface area (Å²) in [6, 6.07) is 6.22. The number of ether oxygens (including phenoxy) is 1. The number of carbonyl (C=O) groups is 3. The number of nitrogens with one attached hydrogen (secondary N) is 2. The lowest BCUT2D eigenvalue weighted by atomic mass is 9.65. The van der Waals surface area contributed by atoms with E-state index in [9.17, 15) is 19.5 Å². The van der Waals surface area contributed by atoms with E-state index in [1.165, 1.54) is 6.42 Å². The molecular formula is C31H45N3O5S. The normalized spacial score (nSPS) is 33.0. The van der Waals surface area contributed by atoms with Crippen LogP contribution in [0.2, 0.25) is 0 Å². The molecule has 4 fully saturated rings. The quantitative estimate of drug-likeness (QED) is 0.388. The molecule has 0 radical (unpaired) electrons. The minimum absolute atomic E-state index is 0.0165. The van der Waals surface area contributed by atoms with Crippen LogP contribution in [-0.2, 0) is 14.4 Å². The largest absolute Gasteiger partial charge is 0.494 e. The number of hydrogen-bond donors (Lipinski definition) is 3. The second-order valence-electron chi connectivity index (χ2n) is 12.2. The van der Waals surface area contributed by atoms with Crippen LogP contribution in [0.15, 0.2) is 24.3 Å². The van der Waals surface area contributed by atoms with Crippen molar-refractivity contribution in [3.05, 3.63) is 24.3 Å². The molecule has 2 bridgehead atoms. The van der Waals surface area contributed by atoms with Crippen molar-refractivity contribution in [2.45, 2.75) is 101 Å². The first-order valence-corrected chi connectivity index (χ1v) is 16.1. The highest BCUT2D eigenvalue weighted by Crippen LogP contribution is 2.69. The molecule has 40 heavy (non-hydrogen) atoms. The Morgan fingerprint density at radius 2 is 1.85 bits per heavy atom. The number of hydrogen-bond acceptors (Lipinski definition) is 6. The molecular weight excluding hydrogens is 526 g/mol. The highest BCUT2D eigenvalue weighted by Gasteiger charge is 2.76. The molecule has 1 spiro atoms. The topological polar surface area (TPSA) is 108 Å². The van der Waals surface area contributed by atoms with Crippen molar-refractivity contribution >= 4 is 35.2 Å². The predicted octanol–water partition coefficient (Wildman–Crippen LogP) is 4.22. The molecule has 9 heteroatoms. The summed E-state index contributed by atoms with van der Waals surface area (Å²) in [5.74, 6) is -0.741. The van der Waals surface area contributed by atoms with Crippen LogP contribution in [-0.4, -0.2) is 69.1 Å². The number of thioether (sulfide) groups is 1. The molecule has 4 aliphatic rings. The number of rotatable bonds is 10. The summed E-state index contributed by atoms with van der Waals surface area (Å²) >= 11 is 1.68. The Morgan fingerprint density at radius 3 is 2.48 bits per heavy atom. The third kappa shape index (κ3) is 4.91. The molecule has 3 heterocycles. The number of likely N-dealkylation sites (tertiary alicyclic amines) is 1. The first kappa shape index (κ1) is 29.2. The van der Waals surface area contributed by atoms with E-state index in [0.29, 0.717) is 12.3 Å². The molecule has 8 atom stereocenters. The fraction of sp³-hybridized carbons (Fsp3) is 0.710. The van der Waals surface area contributed by atoms with Crippen molar-refractivity contribution in [1.82, 2.24) is 10.2 Å². The number of aliphatic hydroxyl groups is 1. The average Bonchev–Trinajstić information content (AvgIpc) is 3.54. The zero-order chi connectivity index (χ0) is 28.6. The SMILES string of the molecule is CCOc1ccc(NC(=O)[C@@H]2[C@H]3C(=O)N([C@@H](CO)[C@@H](C)CC)C(C(=O)NC4CCCCC4)C34S[C@@H]2CC4C)cc1. The summed E-state index contributed by atoms with van der Waals surface area (Å²) in [7, 11) is 0. The summed E-state index contributed by atoms with van der Waals surface area (Å²) < 4.78 is 4.83. The van der Waals surface area contributed by atoms with E-state index in [-0.39, 0.29) is 47.5 Å². The van der Waals surface area contributed by atoms with Crippen LogP contribution >= 0.6 is 11.8 Å². The van der Waals surface area contributed by atoms with Crippen molar-refractivity contribution < 1.29 is 24.2 Å². The lowest BCUT2D eigenvalue weighted by Gasteiger charge is -2.42. The van der Waals surface area contributed by atoms with Crippen LogP contribution in [0.5, 0.6) is 5.75 Å². The molecule has 3 N–H and O–H groups in total. The van der Waals surface area contributed by atoms with Crippen molar-refractivity contribution in [1.29, 1.82) is 0 Å². The number of amides is 3. The molecule has 8 nitrogen and oxygen atoms in total. The van der Waals surface area contributed by atoms with Gasteiger partial charge < -0.3 is 25.4 Å². The maximum Gasteiger partial charge on any atom is 0.244 e. The van der Waals surface area contributed by atoms with Gasteiger partial charge in [-0.25, -0.2) is 0 Å². The number of carbonyl (C=O) groups excluding carboxylic acids is 3. The molecule has 3 unspecified atom stereocenters. The third-order valence-corrected chi connectivity index (χ3v) is 12.0. The van der Waals surface area contributed by atoms with Crippen LogP contribution in [0.25, 0.3) is 0 Å². The van der Waals surface area contributed by atoms with Gasteiger partial charge in [-0.1, -0.05) is 46.5 Å². The second kappa shape index (κ2) is 11.9. The summed E-state index contributed by atoms with van der Waals surface area (Å²) in [6.07, 6.45) is 6.85. The summed E-state index contributed by atoms with van der Waals surface area (Å²) in [5, 5.41) is 16.9. The van der Waals surface area contributed by atoms with Gasteiger partial charge in [-0.05, 0) is 62.3 Å². The van der Waals surface area contributed by atoms with Crippen molar-refractivity contribution in [3.63, 3.8) is 0 Å². The van der Waals surface area contributed by atoms with E-state index in [2.05, 4.69) is 17.6 Å². The van der Waals surface area contributed by atoms with Crippen molar-refractivity contribution in [2.75, 3.05) is 18.5 Å². The molecule has 1 aliphatic carbocycles. The van der Waals surface area contributed by atoms with Gasteiger partial charge in [0.1, 0.15) is 11.8 Å². The van der Waals surface area contributed by atoms with E-state index in [0.717, 1.165) is 44.3 Å². The Hall–Kier alpha value is -2.26. The van der Waals surface area contributed by atoms with E-state index in [4.69, 9.17) is 4.74 Å². The standard InChI is InChI=1S/C31H45N3O5S/c1-5-18(3)23(17-35)34-27(29(37)33-20-10-8-7-9-11-20)31-19(4)16-24(40-31)25(26(31)30(34)38)28(36)32-21-12-14-22(15-13-21)39-6-2/h12-15,18-20,23-27,35H,5-11,16-17H2,1-4H3,(H,32,36)(H,33,37)/t18-,19?,23-,24+,25-,26-,27?,31?/m0/s1. The van der Waals surface area contributed by atoms with Crippen LogP contribution in [0.3, 0.4) is 0 Å². The van der Waals surface area contributed by atoms with Gasteiger partial charge in [0.25, 0.3) is 0 Å². The fourth-order valence-electron chi connectivity index (χ4n) is 7.78. The van der Waals surface area contributed by atoms with Crippen LogP contribution < -0.4 is 15.4 Å². The Bertz CT molecular complexity index is 1090. The highest BCUT2D eigenvalue weighted by molar-refractivity contribution is 8.02. The molecule has 3 saturated heterocycles. The lowest BCUT2D eigenvalue weighted by Crippen LogP contribution is -2.60. The third-order valence-electron chi connectivity index (χ3n) is 9.96. The van der Waals surface area contributed by atoms with Gasteiger partial charge in [0.15, 0.2) is 0 Å². The summed E-state index contributed by atoms with van der Waals surface area (Å²) in [4.78, 5) is 44.2. The van der Waals surface area contributed by atoms with E-state index in [1.54, 1.807) is 16.7 Å². The fourth-order valence-corrected chi connectivity index (χ4v) is 10.2. The number of aliphatic hydroxyl groups excluding tert-OH is 1. The number of nitrogens with zero attached hydrogens (tertiary/aromatic N) is 1. The minimum Gasteiger partial charge on any atom is -0.494 e. The van der Waals surface area contributed by atoms with Gasteiger partial charge in [0, 0.05) is 17.0 Å². The maximum atomic E-state index is 14.5. The number of fused-ring (bicyclic) bond motifs is 1. The van der Waals surface area contributed by atoms with Gasteiger partial charge in [-0.2, -0.15) is 0 Å². The Labute approximate surface area is 242 Å². The Kier molecular flexibility index (Phi) is 8.72. The van der Waals surface area contributed by atoms with Gasteiger partial charge in [-0.3, -0.25) is 14.4 Å². The smallest absolute Gasteiger partial charge is 0.244 e. The Morgan fingerprint density at radius 1 is 1.15 bits per heavy atom. The summed E-state index contributed by atoms with van der Waals surface area (Å²) in [5.41, 5.74) is 0.657. The zero-order valence-corrected chi connectivity index (χ0v) is 25.0. The molecule has 0 aromatic heterocycles. The minimum atomic E-state index is -0.702.